The Bertz CT molecular complexity index is 708. The van der Waals surface area contributed by atoms with Gasteiger partial charge in [0.1, 0.15) is 0 Å². The van der Waals surface area contributed by atoms with Gasteiger partial charge in [0.15, 0.2) is 0 Å². The van der Waals surface area contributed by atoms with Crippen molar-refractivity contribution >= 4 is 17.7 Å². The molecule has 0 aliphatic carbocycles. The van der Waals surface area contributed by atoms with Crippen LogP contribution in [0.25, 0.3) is 5.78 Å². The van der Waals surface area contributed by atoms with E-state index in [1.807, 2.05) is 0 Å². The number of carbonyl (C=O) groups is 2. The molecule has 0 radical (unpaired) electrons. The fourth-order valence-corrected chi connectivity index (χ4v) is 2.00. The van der Waals surface area contributed by atoms with E-state index in [1.54, 1.807) is 20.8 Å². The summed E-state index contributed by atoms with van der Waals surface area (Å²) in [6.45, 7) is 5.63. The van der Waals surface area contributed by atoms with Gasteiger partial charge in [0, 0.05) is 17.0 Å². The highest BCUT2D eigenvalue weighted by Gasteiger charge is 2.19. The van der Waals surface area contributed by atoms with Crippen LogP contribution in [-0.4, -0.2) is 45.2 Å². The van der Waals surface area contributed by atoms with Crippen LogP contribution in [0.1, 0.15) is 34.5 Å². The predicted molar refractivity (Wildman–Crippen MR) is 71.9 cm³/mol. The molecule has 0 aliphatic rings. The minimum Gasteiger partial charge on any atom is -0.466 e. The number of methoxy groups -OCH3 is 1. The van der Waals surface area contributed by atoms with E-state index < -0.39 is 5.97 Å². The van der Waals surface area contributed by atoms with Crippen LogP contribution in [-0.2, 0) is 20.7 Å². The van der Waals surface area contributed by atoms with Crippen molar-refractivity contribution in [3.8, 4) is 0 Å². The van der Waals surface area contributed by atoms with Gasteiger partial charge in [-0.15, -0.1) is 5.10 Å². The summed E-state index contributed by atoms with van der Waals surface area (Å²) in [7, 11) is 1.26. The first-order valence-electron chi connectivity index (χ1n) is 6.44. The molecule has 2 rings (SSSR count). The molecule has 0 bridgehead atoms. The van der Waals surface area contributed by atoms with Gasteiger partial charge in [-0.3, -0.25) is 4.79 Å². The van der Waals surface area contributed by atoms with Gasteiger partial charge >= 0.3 is 11.9 Å². The molecule has 0 N–H and O–H groups in total. The van der Waals surface area contributed by atoms with Crippen LogP contribution in [0, 0.1) is 13.8 Å². The van der Waals surface area contributed by atoms with Gasteiger partial charge < -0.3 is 9.47 Å². The minimum absolute atomic E-state index is 0.0687. The van der Waals surface area contributed by atoms with Crippen molar-refractivity contribution in [1.82, 2.24) is 19.6 Å². The summed E-state index contributed by atoms with van der Waals surface area (Å²) in [6.07, 6.45) is 0.0991. The summed E-state index contributed by atoms with van der Waals surface area (Å²) in [5.74, 6) is -0.749. The van der Waals surface area contributed by atoms with Crippen LogP contribution in [0.2, 0.25) is 0 Å². The molecule has 8 heteroatoms. The minimum atomic E-state index is -0.635. The molecule has 112 valence electrons. The molecule has 21 heavy (non-hydrogen) atoms. The van der Waals surface area contributed by atoms with E-state index in [1.165, 1.54) is 11.6 Å². The number of fused-ring (bicyclic) bond motifs is 1. The molecule has 0 aromatic carbocycles. The Kier molecular flexibility index (Phi) is 4.15. The van der Waals surface area contributed by atoms with Gasteiger partial charge in [-0.1, -0.05) is 0 Å². The van der Waals surface area contributed by atoms with E-state index in [-0.39, 0.29) is 24.0 Å². The van der Waals surface area contributed by atoms with Gasteiger partial charge in [-0.25, -0.2) is 14.3 Å². The number of hydrogen-bond donors (Lipinski definition) is 0. The zero-order valence-electron chi connectivity index (χ0n) is 12.3. The summed E-state index contributed by atoms with van der Waals surface area (Å²) in [6, 6.07) is 0. The van der Waals surface area contributed by atoms with E-state index in [4.69, 9.17) is 4.74 Å². The van der Waals surface area contributed by atoms with Crippen LogP contribution in [0.5, 0.6) is 0 Å². The Labute approximate surface area is 121 Å². The highest BCUT2D eigenvalue weighted by Crippen LogP contribution is 2.15. The number of esters is 2. The lowest BCUT2D eigenvalue weighted by atomic mass is 10.1. The largest absolute Gasteiger partial charge is 0.466 e. The van der Waals surface area contributed by atoms with Crippen LogP contribution in [0.4, 0.5) is 0 Å². The van der Waals surface area contributed by atoms with Gasteiger partial charge in [-0.2, -0.15) is 4.98 Å². The Morgan fingerprint density at radius 3 is 2.57 bits per heavy atom. The van der Waals surface area contributed by atoms with Crippen molar-refractivity contribution in [1.29, 1.82) is 0 Å². The summed E-state index contributed by atoms with van der Waals surface area (Å²) in [5.41, 5.74) is 2.05. The summed E-state index contributed by atoms with van der Waals surface area (Å²) >= 11 is 0. The lowest BCUT2D eigenvalue weighted by Gasteiger charge is -2.09. The number of hydrogen-bond acceptors (Lipinski definition) is 7. The highest BCUT2D eigenvalue weighted by molar-refractivity contribution is 5.85. The number of rotatable bonds is 4. The first kappa shape index (κ1) is 14.9. The third kappa shape index (κ3) is 2.83. The number of carbonyl (C=O) groups excluding carboxylic acids is 2. The Morgan fingerprint density at radius 1 is 1.24 bits per heavy atom. The Balaban J connectivity index is 2.48. The standard InChI is InChI=1S/C13H16N4O4/c1-5-21-10(18)6-9-7(2)14-13-15-11(12(19)20-4)16-17(13)8(9)3/h5-6H2,1-4H3. The average Bonchev–Trinajstić information content (AvgIpc) is 2.87. The molecule has 2 heterocycles. The number of ether oxygens (including phenoxy) is 2. The van der Waals surface area contributed by atoms with Crippen molar-refractivity contribution in [2.45, 2.75) is 27.2 Å². The average molecular weight is 292 g/mol. The first-order valence-corrected chi connectivity index (χ1v) is 6.44. The first-order chi connectivity index (χ1) is 9.97. The van der Waals surface area contributed by atoms with Crippen molar-refractivity contribution in [2.75, 3.05) is 13.7 Å². The van der Waals surface area contributed by atoms with Crippen molar-refractivity contribution in [3.05, 3.63) is 22.8 Å². The van der Waals surface area contributed by atoms with E-state index in [0.717, 1.165) is 0 Å². The van der Waals surface area contributed by atoms with Crippen LogP contribution >= 0.6 is 0 Å². The molecule has 2 aromatic rings. The molecule has 0 saturated carbocycles. The van der Waals surface area contributed by atoms with Crippen molar-refractivity contribution in [2.24, 2.45) is 0 Å². The van der Waals surface area contributed by atoms with Crippen LogP contribution in [0.15, 0.2) is 0 Å². The molecular formula is C13H16N4O4. The van der Waals surface area contributed by atoms with E-state index in [2.05, 4.69) is 19.8 Å². The lowest BCUT2D eigenvalue weighted by Crippen LogP contribution is -2.13. The number of aromatic nitrogens is 4. The second-order valence-electron chi connectivity index (χ2n) is 4.38. The summed E-state index contributed by atoms with van der Waals surface area (Å²) in [5, 5.41) is 4.05. The molecular weight excluding hydrogens is 276 g/mol. The number of nitrogens with zero attached hydrogens (tertiary/aromatic N) is 4. The fraction of sp³-hybridized carbons (Fsp3) is 0.462. The second kappa shape index (κ2) is 5.86. The third-order valence-corrected chi connectivity index (χ3v) is 3.04. The topological polar surface area (TPSA) is 95.7 Å². The monoisotopic (exact) mass is 292 g/mol. The fourth-order valence-electron chi connectivity index (χ4n) is 2.00. The predicted octanol–water partition coefficient (Wildman–Crippen LogP) is 0.633. The van der Waals surface area contributed by atoms with Gasteiger partial charge in [0.05, 0.1) is 20.1 Å². The van der Waals surface area contributed by atoms with Crippen LogP contribution < -0.4 is 0 Å². The highest BCUT2D eigenvalue weighted by atomic mass is 16.5. The molecule has 0 saturated heterocycles. The molecule has 0 amide bonds. The smallest absolute Gasteiger partial charge is 0.378 e. The van der Waals surface area contributed by atoms with Crippen LogP contribution in [0.3, 0.4) is 0 Å². The lowest BCUT2D eigenvalue weighted by molar-refractivity contribution is -0.142. The van der Waals surface area contributed by atoms with Crippen molar-refractivity contribution < 1.29 is 19.1 Å². The molecule has 0 spiro atoms. The van der Waals surface area contributed by atoms with E-state index in [9.17, 15) is 9.59 Å². The quantitative estimate of drug-likeness (QED) is 0.763. The normalized spacial score (nSPS) is 10.7. The van der Waals surface area contributed by atoms with Gasteiger partial charge in [-0.05, 0) is 20.8 Å². The molecule has 2 aromatic heterocycles. The molecule has 0 atom stereocenters. The van der Waals surface area contributed by atoms with E-state index >= 15 is 0 Å². The van der Waals surface area contributed by atoms with Crippen molar-refractivity contribution in [3.63, 3.8) is 0 Å². The molecule has 0 fully saturated rings. The molecule has 0 unspecified atom stereocenters. The zero-order valence-corrected chi connectivity index (χ0v) is 12.3. The zero-order chi connectivity index (χ0) is 15.6. The van der Waals surface area contributed by atoms with Gasteiger partial charge in [0.25, 0.3) is 11.6 Å². The Morgan fingerprint density at radius 2 is 1.95 bits per heavy atom. The SMILES string of the molecule is CCOC(=O)Cc1c(C)nc2nc(C(=O)OC)nn2c1C. The maximum Gasteiger partial charge on any atom is 0.378 e. The second-order valence-corrected chi connectivity index (χ2v) is 4.38. The molecule has 8 nitrogen and oxygen atoms in total. The summed E-state index contributed by atoms with van der Waals surface area (Å²) < 4.78 is 11.0. The summed E-state index contributed by atoms with van der Waals surface area (Å²) in [4.78, 5) is 31.4. The third-order valence-electron chi connectivity index (χ3n) is 3.04. The van der Waals surface area contributed by atoms with E-state index in [0.29, 0.717) is 23.6 Å². The molecule has 0 aliphatic heterocycles. The maximum atomic E-state index is 11.6. The maximum absolute atomic E-state index is 11.6. The Hall–Kier alpha value is -2.51. The van der Waals surface area contributed by atoms with Gasteiger partial charge in [0.2, 0.25) is 0 Å². The number of aryl methyl sites for hydroxylation is 2.